The average molecular weight is 467 g/mol. The predicted molar refractivity (Wildman–Crippen MR) is 135 cm³/mol. The molecule has 0 radical (unpaired) electrons. The van der Waals surface area contributed by atoms with Crippen LogP contribution in [0, 0.1) is 6.92 Å². The quantitative estimate of drug-likeness (QED) is 0.404. The molecule has 0 saturated carbocycles. The Morgan fingerprint density at radius 2 is 2.03 bits per heavy atom. The topological polar surface area (TPSA) is 109 Å². The molecule has 4 aromatic heterocycles. The molecule has 5 aromatic rings. The lowest BCUT2D eigenvalue weighted by Crippen LogP contribution is -2.49. The first-order valence-corrected chi connectivity index (χ1v) is 11.7. The number of hydrogen-bond acceptors (Lipinski definition) is 9. The van der Waals surface area contributed by atoms with Crippen molar-refractivity contribution in [1.29, 1.82) is 0 Å². The lowest BCUT2D eigenvalue weighted by atomic mass is 10.0. The van der Waals surface area contributed by atoms with E-state index in [9.17, 15) is 0 Å². The van der Waals surface area contributed by atoms with Crippen LogP contribution in [0.3, 0.4) is 0 Å². The molecule has 1 aliphatic rings. The van der Waals surface area contributed by atoms with Gasteiger partial charge in [0.2, 0.25) is 5.95 Å². The summed E-state index contributed by atoms with van der Waals surface area (Å²) >= 11 is 0. The van der Waals surface area contributed by atoms with E-state index in [1.807, 2.05) is 6.20 Å². The van der Waals surface area contributed by atoms with Crippen LogP contribution in [0.15, 0.2) is 55.4 Å². The molecular formula is C25H26N10. The van der Waals surface area contributed by atoms with Gasteiger partial charge in [0.15, 0.2) is 11.5 Å². The Kier molecular flexibility index (Phi) is 5.42. The second kappa shape index (κ2) is 8.88. The minimum absolute atomic E-state index is 0.396. The van der Waals surface area contributed by atoms with Gasteiger partial charge in [-0.15, -0.1) is 0 Å². The molecule has 6 rings (SSSR count). The number of piperazine rings is 1. The summed E-state index contributed by atoms with van der Waals surface area (Å²) in [6.07, 6.45) is 7.66. The Morgan fingerprint density at radius 3 is 2.91 bits per heavy atom. The van der Waals surface area contributed by atoms with E-state index in [0.29, 0.717) is 28.8 Å². The molecule has 1 atom stereocenters. The van der Waals surface area contributed by atoms with Gasteiger partial charge in [-0.3, -0.25) is 0 Å². The third-order valence-electron chi connectivity index (χ3n) is 6.36. The van der Waals surface area contributed by atoms with Crippen LogP contribution in [0.2, 0.25) is 0 Å². The molecule has 5 heterocycles. The summed E-state index contributed by atoms with van der Waals surface area (Å²) in [5.41, 5.74) is 6.88. The highest BCUT2D eigenvalue weighted by atomic mass is 15.3. The van der Waals surface area contributed by atoms with Crippen molar-refractivity contribution in [2.24, 2.45) is 0 Å². The fraction of sp³-hybridized carbons (Fsp3) is 0.280. The molecule has 176 valence electrons. The summed E-state index contributed by atoms with van der Waals surface area (Å²) in [7, 11) is 0. The largest absolute Gasteiger partial charge is 0.338 e. The normalized spacial score (nSPS) is 16.2. The number of aryl methyl sites for hydroxylation is 1. The van der Waals surface area contributed by atoms with E-state index in [1.54, 1.807) is 23.4 Å². The molecule has 1 unspecified atom stereocenters. The van der Waals surface area contributed by atoms with Crippen LogP contribution >= 0.6 is 0 Å². The fourth-order valence-corrected chi connectivity index (χ4v) is 4.50. The monoisotopic (exact) mass is 466 g/mol. The van der Waals surface area contributed by atoms with Crippen molar-refractivity contribution >= 4 is 34.1 Å². The number of aromatic nitrogens is 7. The second-order valence-electron chi connectivity index (χ2n) is 8.97. The maximum atomic E-state index is 4.83. The highest BCUT2D eigenvalue weighted by Crippen LogP contribution is 2.25. The predicted octanol–water partition coefficient (Wildman–Crippen LogP) is 2.90. The standard InChI is InChI=1S/C25H26N10/c1-16-9-20(4-3-19(16)10-18-5-7-35-22(11-18)29-15-31-35)32-24-23-21(28-14-30-24)12-27-25(33-23)34-8-6-26-17(2)13-34/h3-5,7,9,11-12,14-15,17,26H,6,8,10,13H2,1-2H3,(H,28,30,32). The van der Waals surface area contributed by atoms with Gasteiger partial charge < -0.3 is 15.5 Å². The number of rotatable bonds is 5. The van der Waals surface area contributed by atoms with Gasteiger partial charge in [0.05, 0.1) is 6.20 Å². The van der Waals surface area contributed by atoms with E-state index in [1.165, 1.54) is 16.7 Å². The molecule has 1 fully saturated rings. The van der Waals surface area contributed by atoms with Gasteiger partial charge in [0.1, 0.15) is 23.7 Å². The van der Waals surface area contributed by atoms with Crippen molar-refractivity contribution in [3.63, 3.8) is 0 Å². The third-order valence-corrected chi connectivity index (χ3v) is 6.36. The highest BCUT2D eigenvalue weighted by molar-refractivity contribution is 5.87. The first-order valence-electron chi connectivity index (χ1n) is 11.7. The zero-order valence-electron chi connectivity index (χ0n) is 19.7. The van der Waals surface area contributed by atoms with Gasteiger partial charge in [-0.2, -0.15) is 5.10 Å². The third kappa shape index (κ3) is 4.35. The minimum Gasteiger partial charge on any atom is -0.338 e. The van der Waals surface area contributed by atoms with Crippen LogP contribution in [0.25, 0.3) is 16.7 Å². The number of nitrogens with zero attached hydrogens (tertiary/aromatic N) is 8. The van der Waals surface area contributed by atoms with Crippen molar-refractivity contribution < 1.29 is 0 Å². The van der Waals surface area contributed by atoms with Gasteiger partial charge in [0.25, 0.3) is 0 Å². The number of pyridine rings is 1. The van der Waals surface area contributed by atoms with Crippen molar-refractivity contribution in [3.05, 3.63) is 72.1 Å². The van der Waals surface area contributed by atoms with E-state index in [2.05, 4.69) is 84.7 Å². The molecule has 0 bridgehead atoms. The lowest BCUT2D eigenvalue weighted by Gasteiger charge is -2.31. The highest BCUT2D eigenvalue weighted by Gasteiger charge is 2.19. The Labute approximate surface area is 202 Å². The van der Waals surface area contributed by atoms with E-state index in [0.717, 1.165) is 37.4 Å². The zero-order valence-corrected chi connectivity index (χ0v) is 19.7. The lowest BCUT2D eigenvalue weighted by molar-refractivity contribution is 0.480. The Hall–Kier alpha value is -4.18. The van der Waals surface area contributed by atoms with Gasteiger partial charge in [0, 0.05) is 37.6 Å². The molecule has 1 aromatic carbocycles. The molecule has 2 N–H and O–H groups in total. The SMILES string of the molecule is Cc1cc(Nc2ncnc3cnc(N4CCNC(C)C4)nc23)ccc1Cc1ccn2ncnc2c1. The molecular weight excluding hydrogens is 440 g/mol. The number of anilines is 3. The van der Waals surface area contributed by atoms with Crippen molar-refractivity contribution in [2.75, 3.05) is 29.9 Å². The maximum absolute atomic E-state index is 4.83. The smallest absolute Gasteiger partial charge is 0.226 e. The molecule has 10 heteroatoms. The Balaban J connectivity index is 1.25. The van der Waals surface area contributed by atoms with Crippen LogP contribution in [-0.2, 0) is 6.42 Å². The molecule has 0 spiro atoms. The molecule has 1 saturated heterocycles. The molecule has 35 heavy (non-hydrogen) atoms. The van der Waals surface area contributed by atoms with Gasteiger partial charge in [-0.25, -0.2) is 29.4 Å². The summed E-state index contributed by atoms with van der Waals surface area (Å²) in [6, 6.07) is 10.9. The van der Waals surface area contributed by atoms with Crippen LogP contribution in [-0.4, -0.2) is 60.2 Å². The molecule has 0 amide bonds. The number of benzene rings is 1. The minimum atomic E-state index is 0.396. The van der Waals surface area contributed by atoms with Crippen LogP contribution < -0.4 is 15.5 Å². The summed E-state index contributed by atoms with van der Waals surface area (Å²) in [5, 5.41) is 11.1. The Bertz CT molecular complexity index is 1510. The van der Waals surface area contributed by atoms with E-state index in [-0.39, 0.29) is 0 Å². The summed E-state index contributed by atoms with van der Waals surface area (Å²) in [6.45, 7) is 6.95. The summed E-state index contributed by atoms with van der Waals surface area (Å²) in [5.74, 6) is 1.38. The Morgan fingerprint density at radius 1 is 1.09 bits per heavy atom. The second-order valence-corrected chi connectivity index (χ2v) is 8.97. The fourth-order valence-electron chi connectivity index (χ4n) is 4.50. The van der Waals surface area contributed by atoms with Gasteiger partial charge in [-0.05, 0) is 61.2 Å². The summed E-state index contributed by atoms with van der Waals surface area (Å²) in [4.78, 5) is 24.7. The number of fused-ring (bicyclic) bond motifs is 2. The zero-order chi connectivity index (χ0) is 23.8. The van der Waals surface area contributed by atoms with Crippen LogP contribution in [0.1, 0.15) is 23.6 Å². The molecule has 10 nitrogen and oxygen atoms in total. The van der Waals surface area contributed by atoms with Crippen LogP contribution in [0.4, 0.5) is 17.5 Å². The maximum Gasteiger partial charge on any atom is 0.226 e. The number of hydrogen-bond donors (Lipinski definition) is 2. The van der Waals surface area contributed by atoms with Crippen molar-refractivity contribution in [1.82, 2.24) is 39.9 Å². The van der Waals surface area contributed by atoms with Gasteiger partial charge in [-0.1, -0.05) is 6.07 Å². The number of nitrogens with one attached hydrogen (secondary N) is 2. The van der Waals surface area contributed by atoms with Crippen LogP contribution in [0.5, 0.6) is 0 Å². The van der Waals surface area contributed by atoms with Crippen molar-refractivity contribution in [2.45, 2.75) is 26.3 Å². The molecule has 1 aliphatic heterocycles. The van der Waals surface area contributed by atoms with E-state index < -0.39 is 0 Å². The first kappa shape index (κ1) is 21.4. The van der Waals surface area contributed by atoms with E-state index in [4.69, 9.17) is 4.98 Å². The van der Waals surface area contributed by atoms with Gasteiger partial charge >= 0.3 is 0 Å². The first-order chi connectivity index (χ1) is 17.1. The average Bonchev–Trinajstić information content (AvgIpc) is 3.34. The van der Waals surface area contributed by atoms with E-state index >= 15 is 0 Å². The van der Waals surface area contributed by atoms with Crippen molar-refractivity contribution in [3.8, 4) is 0 Å². The summed E-state index contributed by atoms with van der Waals surface area (Å²) < 4.78 is 1.77. The molecule has 0 aliphatic carbocycles.